The van der Waals surface area contributed by atoms with Crippen molar-refractivity contribution in [3.05, 3.63) is 29.8 Å². The molecule has 0 bridgehead atoms. The maximum atomic E-state index is 13.7. The first kappa shape index (κ1) is 70.8. The average molecular weight is 1240 g/mol. The van der Waals surface area contributed by atoms with Crippen LogP contribution in [0.3, 0.4) is 0 Å². The highest BCUT2D eigenvalue weighted by atomic mass is 16.3. The lowest BCUT2D eigenvalue weighted by Gasteiger charge is -2.30. The molecule has 1 aromatic carbocycles. The third kappa shape index (κ3) is 20.8. The molecule has 3 saturated heterocycles. The number of aliphatic hydroxyl groups excluding tert-OH is 6. The number of nitrogens with zero attached hydrogens (tertiary/aromatic N) is 3. The Kier molecular flexibility index (Phi) is 28.0. The lowest BCUT2D eigenvalue weighted by atomic mass is 10.0. The van der Waals surface area contributed by atoms with Crippen LogP contribution in [-0.2, 0) is 73.5 Å². The number of rotatable bonds is 32. The Bertz CT molecular complexity index is 2670. The topological polar surface area (TPSA) is 563 Å². The predicted molar refractivity (Wildman–Crippen MR) is 294 cm³/mol. The summed E-state index contributed by atoms with van der Waals surface area (Å²) in [4.78, 5) is 185. The summed E-state index contributed by atoms with van der Waals surface area (Å²) in [5, 5.41) is 91.8. The molecule has 482 valence electrons. The third-order valence-corrected chi connectivity index (χ3v) is 14.1. The van der Waals surface area contributed by atoms with Gasteiger partial charge in [-0.3, -0.25) is 67.1 Å². The number of hydrogen-bond donors (Lipinski definition) is 19. The first-order chi connectivity index (χ1) is 41.3. The van der Waals surface area contributed by atoms with Crippen molar-refractivity contribution >= 4 is 82.7 Å². The van der Waals surface area contributed by atoms with E-state index in [1.54, 1.807) is 0 Å². The summed E-state index contributed by atoms with van der Waals surface area (Å²) >= 11 is 0. The van der Waals surface area contributed by atoms with E-state index in [1.165, 1.54) is 31.2 Å². The number of primary amides is 1. The van der Waals surface area contributed by atoms with Gasteiger partial charge in [0.05, 0.1) is 65.3 Å². The highest BCUT2D eigenvalue weighted by Crippen LogP contribution is 2.22. The van der Waals surface area contributed by atoms with Gasteiger partial charge in [-0.25, -0.2) is 0 Å². The van der Waals surface area contributed by atoms with Crippen LogP contribution in [0.1, 0.15) is 51.0 Å². The molecule has 36 nitrogen and oxygen atoms in total. The zero-order valence-electron chi connectivity index (χ0n) is 47.4. The molecule has 3 aliphatic heterocycles. The molecule has 0 aromatic heterocycles. The van der Waals surface area contributed by atoms with Crippen molar-refractivity contribution in [1.29, 1.82) is 0 Å². The second-order valence-electron chi connectivity index (χ2n) is 20.5. The number of phenolic OH excluding ortho intramolecular Hbond substituents is 1. The molecule has 3 aliphatic rings. The lowest BCUT2D eigenvalue weighted by Crippen LogP contribution is -2.60. The molecule has 0 saturated carbocycles. The minimum atomic E-state index is -1.80. The van der Waals surface area contributed by atoms with Crippen LogP contribution in [0, 0.1) is 0 Å². The number of nitrogens with one attached hydrogen (secondary N) is 10. The molecule has 0 unspecified atom stereocenters. The van der Waals surface area contributed by atoms with E-state index in [2.05, 4.69) is 53.2 Å². The fraction of sp³-hybridized carbons (Fsp3) is 0.608. The minimum Gasteiger partial charge on any atom is -0.508 e. The van der Waals surface area contributed by atoms with E-state index in [1.807, 2.05) is 0 Å². The summed E-state index contributed by atoms with van der Waals surface area (Å²) < 4.78 is 0. The Hall–Kier alpha value is -8.68. The van der Waals surface area contributed by atoms with Crippen molar-refractivity contribution in [3.8, 4) is 5.75 Å². The second kappa shape index (κ2) is 34.5. The molecule has 3 fully saturated rings. The Labute approximate surface area is 496 Å². The molecule has 11 atom stereocenters. The monoisotopic (exact) mass is 1240 g/mol. The number of carbonyl (C=O) groups excluding carboxylic acids is 14. The van der Waals surface area contributed by atoms with Crippen molar-refractivity contribution < 1.29 is 103 Å². The van der Waals surface area contributed by atoms with Crippen LogP contribution in [0.2, 0.25) is 0 Å². The van der Waals surface area contributed by atoms with E-state index in [4.69, 9.17) is 16.6 Å². The zero-order chi connectivity index (χ0) is 64.7. The lowest BCUT2D eigenvalue weighted by molar-refractivity contribution is -0.144. The molecule has 4 rings (SSSR count). The van der Waals surface area contributed by atoms with Crippen LogP contribution in [0.15, 0.2) is 24.3 Å². The third-order valence-electron chi connectivity index (χ3n) is 14.1. The van der Waals surface area contributed by atoms with E-state index < -0.39 is 208 Å². The largest absolute Gasteiger partial charge is 0.508 e. The first-order valence-electron chi connectivity index (χ1n) is 27.6. The number of nitrogens with two attached hydrogens (primary N) is 2. The Morgan fingerprint density at radius 3 is 1.26 bits per heavy atom. The van der Waals surface area contributed by atoms with Crippen molar-refractivity contribution in [2.45, 2.75) is 118 Å². The van der Waals surface area contributed by atoms with E-state index in [-0.39, 0.29) is 63.9 Å². The Morgan fingerprint density at radius 2 is 0.851 bits per heavy atom. The van der Waals surface area contributed by atoms with E-state index in [0.717, 1.165) is 14.7 Å². The smallest absolute Gasteiger partial charge is 0.248 e. The quantitative estimate of drug-likeness (QED) is 0.0318. The normalized spacial score (nSPS) is 19.0. The number of likely N-dealkylation sites (tertiary alicyclic amines) is 3. The van der Waals surface area contributed by atoms with Gasteiger partial charge in [-0.15, -0.1) is 0 Å². The molecule has 21 N–H and O–H groups in total. The number of aromatic hydroxyl groups is 1. The average Bonchev–Trinajstić information content (AvgIpc) is 2.09. The second-order valence-corrected chi connectivity index (χ2v) is 20.5. The van der Waals surface area contributed by atoms with Gasteiger partial charge in [0.25, 0.3) is 0 Å². The molecule has 36 heteroatoms. The molecule has 14 amide bonds. The fourth-order valence-corrected chi connectivity index (χ4v) is 9.47. The molecule has 3 heterocycles. The van der Waals surface area contributed by atoms with Crippen LogP contribution < -0.4 is 64.6 Å². The molecule has 0 spiro atoms. The molecule has 0 radical (unpaired) electrons. The standard InChI is InChI=1S/C51H77N15O21/c1-25(72)41(51(87)66-14-4-7-36(66)48(84)55-17-38(75)59-30(21-68)42(53)78)63-40(77)19-57-47(83)34-5-2-12-64(34)49(85)32(23-70)60-39(76)18-56-46(82)35-6-3-13-65(35)50(86)33(24-71)62-45(81)31(22-69)61-44(80)29(15-26-8-10-27(73)11-9-26)58-37(74)16-54-43(79)28(52)20-67/h8-11,25,28-36,41,67-73H,2-7,12-24,52H2,1H3,(H2,53,78)(H,54,79)(H,55,84)(H,56,82)(H,57,83)(H,58,74)(H,59,75)(H,60,76)(H,61,80)(H,62,81)(H,63,77)/t25-,28+,29+,30+,31+,32+,33+,34+,35+,36+,41+/m1/s1. The van der Waals surface area contributed by atoms with Gasteiger partial charge in [-0.05, 0) is 63.1 Å². The van der Waals surface area contributed by atoms with E-state index in [9.17, 15) is 97.8 Å². The van der Waals surface area contributed by atoms with Crippen LogP contribution >= 0.6 is 0 Å². The number of benzene rings is 1. The number of carbonyl (C=O) groups is 14. The van der Waals surface area contributed by atoms with Crippen molar-refractivity contribution in [2.24, 2.45) is 11.5 Å². The van der Waals surface area contributed by atoms with E-state index >= 15 is 0 Å². The van der Waals surface area contributed by atoms with Gasteiger partial charge in [0, 0.05) is 26.1 Å². The highest BCUT2D eigenvalue weighted by Gasteiger charge is 2.42. The fourth-order valence-electron chi connectivity index (χ4n) is 9.47. The Morgan fingerprint density at radius 1 is 0.483 bits per heavy atom. The Balaban J connectivity index is 1.28. The first-order valence-corrected chi connectivity index (χ1v) is 27.6. The summed E-state index contributed by atoms with van der Waals surface area (Å²) in [7, 11) is 0. The van der Waals surface area contributed by atoms with Gasteiger partial charge >= 0.3 is 0 Å². The molecule has 0 aliphatic carbocycles. The van der Waals surface area contributed by atoms with Gasteiger partial charge < -0.3 is 115 Å². The van der Waals surface area contributed by atoms with Crippen molar-refractivity contribution in [1.82, 2.24) is 67.9 Å². The van der Waals surface area contributed by atoms with Gasteiger partial charge in [0.1, 0.15) is 66.2 Å². The summed E-state index contributed by atoms with van der Waals surface area (Å²) in [6.07, 6.45) is -0.633. The molecular weight excluding hydrogens is 1160 g/mol. The van der Waals surface area contributed by atoms with Crippen LogP contribution in [-0.4, -0.2) is 279 Å². The van der Waals surface area contributed by atoms with Gasteiger partial charge in [0.2, 0.25) is 82.7 Å². The highest BCUT2D eigenvalue weighted by molar-refractivity contribution is 5.99. The molecule has 87 heavy (non-hydrogen) atoms. The van der Waals surface area contributed by atoms with Gasteiger partial charge in [0.15, 0.2) is 0 Å². The molecule has 1 aromatic rings. The summed E-state index contributed by atoms with van der Waals surface area (Å²) in [6, 6.07) is -9.19. The van der Waals surface area contributed by atoms with Gasteiger partial charge in [-0.1, -0.05) is 12.1 Å². The van der Waals surface area contributed by atoms with Crippen LogP contribution in [0.5, 0.6) is 5.75 Å². The van der Waals surface area contributed by atoms with Crippen LogP contribution in [0.4, 0.5) is 0 Å². The summed E-state index contributed by atoms with van der Waals surface area (Å²) in [6.45, 7) is -6.36. The maximum Gasteiger partial charge on any atom is 0.248 e. The SMILES string of the molecule is C[C@@H](O)[C@H](NC(=O)CNC(=O)[C@@H]1CCCN1C(=O)[C@H](CO)NC(=O)CNC(=O)[C@@H]1CCCN1C(=O)[C@H](CO)NC(=O)[C@H](CO)NC(=O)[C@H](Cc1ccc(O)cc1)NC(=O)CNC(=O)[C@@H](N)CO)C(=O)N1CCC[C@H]1C(=O)NCC(=O)N[C@@H](CO)C(N)=O. The number of phenols is 1. The van der Waals surface area contributed by atoms with Gasteiger partial charge in [-0.2, -0.15) is 0 Å². The van der Waals surface area contributed by atoms with Crippen molar-refractivity contribution in [3.63, 3.8) is 0 Å². The van der Waals surface area contributed by atoms with E-state index in [0.29, 0.717) is 12.0 Å². The van der Waals surface area contributed by atoms with Crippen molar-refractivity contribution in [2.75, 3.05) is 78.8 Å². The minimum absolute atomic E-state index is 0.0256. The molecular formula is C51H77N15O21. The number of hydrogen-bond acceptors (Lipinski definition) is 22. The number of aliphatic hydroxyl groups is 6. The summed E-state index contributed by atoms with van der Waals surface area (Å²) in [5.41, 5.74) is 10.9. The summed E-state index contributed by atoms with van der Waals surface area (Å²) in [5.74, 6) is -13.2. The maximum absolute atomic E-state index is 13.7. The number of amides is 14. The zero-order valence-corrected chi connectivity index (χ0v) is 47.4. The van der Waals surface area contributed by atoms with Crippen LogP contribution in [0.25, 0.3) is 0 Å². The predicted octanol–water partition coefficient (Wildman–Crippen LogP) is -12.6.